The van der Waals surface area contributed by atoms with E-state index >= 15 is 0 Å². The summed E-state index contributed by atoms with van der Waals surface area (Å²) < 4.78 is 22.9. The van der Waals surface area contributed by atoms with Crippen molar-refractivity contribution in [1.82, 2.24) is 15.5 Å². The fourth-order valence-electron chi connectivity index (χ4n) is 2.87. The minimum absolute atomic E-state index is 0. The number of unbranched alkanes of at least 4 members (excludes halogenated alkanes) is 2. The zero-order valence-corrected chi connectivity index (χ0v) is 20.2. The number of guanidine groups is 1. The summed E-state index contributed by atoms with van der Waals surface area (Å²) in [5, 5.41) is 6.67. The first-order chi connectivity index (χ1) is 11.8. The number of nitrogens with zero attached hydrogens (tertiary/aromatic N) is 2. The second-order valence-electron chi connectivity index (χ2n) is 7.74. The third-order valence-corrected chi connectivity index (χ3v) is 6.23. The topological polar surface area (TPSA) is 73.8 Å². The largest absolute Gasteiger partial charge is 0.357 e. The summed E-state index contributed by atoms with van der Waals surface area (Å²) in [4.78, 5) is 6.95. The van der Waals surface area contributed by atoms with Crippen LogP contribution in [0.2, 0.25) is 0 Å². The molecule has 0 saturated carbocycles. The van der Waals surface area contributed by atoms with Crippen molar-refractivity contribution in [2.24, 2.45) is 10.4 Å². The Morgan fingerprint density at radius 1 is 1.12 bits per heavy atom. The minimum Gasteiger partial charge on any atom is -0.357 e. The maximum atomic E-state index is 11.5. The van der Waals surface area contributed by atoms with Gasteiger partial charge in [-0.15, -0.1) is 24.0 Å². The van der Waals surface area contributed by atoms with Crippen LogP contribution in [0, 0.1) is 5.41 Å². The number of hydrogen-bond donors (Lipinski definition) is 2. The quantitative estimate of drug-likeness (QED) is 0.208. The van der Waals surface area contributed by atoms with Gasteiger partial charge in [-0.3, -0.25) is 9.89 Å². The van der Waals surface area contributed by atoms with E-state index in [0.717, 1.165) is 32.1 Å². The van der Waals surface area contributed by atoms with E-state index in [1.807, 2.05) is 0 Å². The summed E-state index contributed by atoms with van der Waals surface area (Å²) in [6.07, 6.45) is 5.01. The zero-order valence-electron chi connectivity index (χ0n) is 17.0. The summed E-state index contributed by atoms with van der Waals surface area (Å²) in [5.41, 5.74) is 0.221. The fraction of sp³-hybridized carbons (Fsp3) is 0.944. The molecule has 0 spiro atoms. The number of nitrogens with one attached hydrogen (secondary N) is 2. The standard InChI is InChI=1S/C18H38N4O2S.HI/c1-5-7-8-9-18(3,4)16-21-17(19-6-2)20-10-11-22-12-14-25(23,24)15-13-22;/h5-16H2,1-4H3,(H2,19,20,21);1H. The predicted molar refractivity (Wildman–Crippen MR) is 122 cm³/mol. The molecule has 1 saturated heterocycles. The minimum atomic E-state index is -2.80. The lowest BCUT2D eigenvalue weighted by molar-refractivity contribution is 0.299. The molecule has 0 unspecified atom stereocenters. The van der Waals surface area contributed by atoms with E-state index < -0.39 is 9.84 Å². The maximum absolute atomic E-state index is 11.5. The second kappa shape index (κ2) is 13.1. The predicted octanol–water partition coefficient (Wildman–Crippen LogP) is 2.50. The Bertz CT molecular complexity index is 495. The Labute approximate surface area is 177 Å². The van der Waals surface area contributed by atoms with Gasteiger partial charge >= 0.3 is 0 Å². The summed E-state index contributed by atoms with van der Waals surface area (Å²) >= 11 is 0. The molecular formula is C18H39IN4O2S. The number of halogens is 1. The SMILES string of the molecule is CCCCCC(C)(C)CN=C(NCC)NCCN1CCS(=O)(=O)CC1.I. The molecule has 1 heterocycles. The van der Waals surface area contributed by atoms with Gasteiger partial charge in [0, 0.05) is 39.3 Å². The van der Waals surface area contributed by atoms with Crippen LogP contribution in [0.4, 0.5) is 0 Å². The van der Waals surface area contributed by atoms with Gasteiger partial charge in [0.05, 0.1) is 11.5 Å². The molecule has 0 bridgehead atoms. The summed E-state index contributed by atoms with van der Waals surface area (Å²) in [6, 6.07) is 0. The molecule has 0 aliphatic carbocycles. The van der Waals surface area contributed by atoms with E-state index in [1.54, 1.807) is 0 Å². The van der Waals surface area contributed by atoms with Crippen LogP contribution in [-0.4, -0.2) is 70.1 Å². The molecule has 156 valence electrons. The number of rotatable bonds is 10. The van der Waals surface area contributed by atoms with E-state index in [2.05, 4.69) is 43.2 Å². The smallest absolute Gasteiger partial charge is 0.191 e. The summed E-state index contributed by atoms with van der Waals surface area (Å²) in [6.45, 7) is 13.4. The lowest BCUT2D eigenvalue weighted by Gasteiger charge is -2.27. The Morgan fingerprint density at radius 2 is 1.77 bits per heavy atom. The van der Waals surface area contributed by atoms with E-state index in [1.165, 1.54) is 25.7 Å². The molecule has 2 N–H and O–H groups in total. The van der Waals surface area contributed by atoms with Crippen molar-refractivity contribution in [1.29, 1.82) is 0 Å². The van der Waals surface area contributed by atoms with Crippen LogP contribution in [-0.2, 0) is 9.84 Å². The summed E-state index contributed by atoms with van der Waals surface area (Å²) in [7, 11) is -2.80. The molecule has 1 fully saturated rings. The van der Waals surface area contributed by atoms with Crippen molar-refractivity contribution in [3.63, 3.8) is 0 Å². The molecule has 8 heteroatoms. The molecule has 0 aromatic rings. The van der Waals surface area contributed by atoms with Gasteiger partial charge in [0.15, 0.2) is 15.8 Å². The van der Waals surface area contributed by atoms with Crippen LogP contribution >= 0.6 is 24.0 Å². The first kappa shape index (κ1) is 25.9. The van der Waals surface area contributed by atoms with Gasteiger partial charge < -0.3 is 10.6 Å². The molecule has 0 radical (unpaired) electrons. The van der Waals surface area contributed by atoms with Gasteiger partial charge in [-0.1, -0.05) is 40.0 Å². The highest BCUT2D eigenvalue weighted by Crippen LogP contribution is 2.23. The van der Waals surface area contributed by atoms with Gasteiger partial charge in [0.1, 0.15) is 0 Å². The molecule has 0 aromatic carbocycles. The third kappa shape index (κ3) is 11.6. The first-order valence-corrected chi connectivity index (χ1v) is 11.5. The van der Waals surface area contributed by atoms with Crippen molar-refractivity contribution >= 4 is 39.8 Å². The average Bonchev–Trinajstić information content (AvgIpc) is 2.54. The Balaban J connectivity index is 0.00000625. The van der Waals surface area contributed by atoms with Gasteiger partial charge in [0.25, 0.3) is 0 Å². The molecule has 1 rings (SSSR count). The van der Waals surface area contributed by atoms with E-state index in [-0.39, 0.29) is 40.9 Å². The molecular weight excluding hydrogens is 463 g/mol. The van der Waals surface area contributed by atoms with Crippen molar-refractivity contribution in [2.45, 2.75) is 53.4 Å². The van der Waals surface area contributed by atoms with E-state index in [9.17, 15) is 8.42 Å². The van der Waals surface area contributed by atoms with Crippen molar-refractivity contribution < 1.29 is 8.42 Å². The number of sulfone groups is 1. The highest BCUT2D eigenvalue weighted by atomic mass is 127. The number of hydrogen-bond acceptors (Lipinski definition) is 4. The van der Waals surface area contributed by atoms with Crippen molar-refractivity contribution in [3.8, 4) is 0 Å². The van der Waals surface area contributed by atoms with Gasteiger partial charge in [-0.05, 0) is 18.8 Å². The highest BCUT2D eigenvalue weighted by Gasteiger charge is 2.21. The van der Waals surface area contributed by atoms with Gasteiger partial charge in [-0.2, -0.15) is 0 Å². The molecule has 6 nitrogen and oxygen atoms in total. The Kier molecular flexibility index (Phi) is 13.1. The third-order valence-electron chi connectivity index (χ3n) is 4.62. The summed E-state index contributed by atoms with van der Waals surface area (Å²) in [5.74, 6) is 1.43. The molecule has 26 heavy (non-hydrogen) atoms. The van der Waals surface area contributed by atoms with Crippen molar-refractivity contribution in [3.05, 3.63) is 0 Å². The fourth-order valence-corrected chi connectivity index (χ4v) is 4.15. The molecule has 1 aliphatic heterocycles. The van der Waals surface area contributed by atoms with Crippen LogP contribution in [0.3, 0.4) is 0 Å². The Hall–Kier alpha value is -0.0900. The lowest BCUT2D eigenvalue weighted by atomic mass is 9.87. The van der Waals surface area contributed by atoms with Crippen LogP contribution < -0.4 is 10.6 Å². The van der Waals surface area contributed by atoms with Crippen LogP contribution in [0.1, 0.15) is 53.4 Å². The molecule has 0 aromatic heterocycles. The molecule has 0 atom stereocenters. The van der Waals surface area contributed by atoms with Gasteiger partial charge in [0.2, 0.25) is 0 Å². The van der Waals surface area contributed by atoms with Crippen molar-refractivity contribution in [2.75, 3.05) is 50.8 Å². The van der Waals surface area contributed by atoms with Gasteiger partial charge in [-0.25, -0.2) is 8.42 Å². The Morgan fingerprint density at radius 3 is 2.35 bits per heavy atom. The second-order valence-corrected chi connectivity index (χ2v) is 10.0. The lowest BCUT2D eigenvalue weighted by Crippen LogP contribution is -2.46. The van der Waals surface area contributed by atoms with Crippen LogP contribution in [0.25, 0.3) is 0 Å². The monoisotopic (exact) mass is 502 g/mol. The van der Waals surface area contributed by atoms with E-state index in [0.29, 0.717) is 13.1 Å². The average molecular weight is 503 g/mol. The van der Waals surface area contributed by atoms with Crippen LogP contribution in [0.5, 0.6) is 0 Å². The maximum Gasteiger partial charge on any atom is 0.191 e. The highest BCUT2D eigenvalue weighted by molar-refractivity contribution is 14.0. The van der Waals surface area contributed by atoms with Crippen LogP contribution in [0.15, 0.2) is 4.99 Å². The molecule has 1 aliphatic rings. The number of aliphatic imine (C=N–C) groups is 1. The first-order valence-electron chi connectivity index (χ1n) is 9.73. The zero-order chi connectivity index (χ0) is 18.8. The normalized spacial score (nSPS) is 18.2. The molecule has 0 amide bonds. The van der Waals surface area contributed by atoms with E-state index in [4.69, 9.17) is 4.99 Å².